The Labute approximate surface area is 158 Å². The zero-order chi connectivity index (χ0) is 18.5. The molecule has 0 aromatic carbocycles. The Bertz CT molecular complexity index is 533. The molecule has 5 rings (SSSR count). The first kappa shape index (κ1) is 19.1. The minimum absolute atomic E-state index is 0.0352. The van der Waals surface area contributed by atoms with Crippen LogP contribution in [0.5, 0.6) is 0 Å². The van der Waals surface area contributed by atoms with Crippen molar-refractivity contribution in [3.05, 3.63) is 0 Å². The minimum atomic E-state index is -0.532. The normalized spacial score (nSPS) is 61.1. The fourth-order valence-electron chi connectivity index (χ4n) is 7.72. The Morgan fingerprint density at radius 1 is 0.800 bits per heavy atom. The topological polar surface area (TPSA) is 27.7 Å². The highest BCUT2D eigenvalue weighted by atomic mass is 31.1. The van der Waals surface area contributed by atoms with Crippen molar-refractivity contribution in [2.45, 2.75) is 102 Å². The summed E-state index contributed by atoms with van der Waals surface area (Å²) in [6.45, 7) is 13.7. The summed E-state index contributed by atoms with van der Waals surface area (Å²) < 4.78 is 19.9. The van der Waals surface area contributed by atoms with Crippen molar-refractivity contribution >= 4 is 18.5 Å². The Morgan fingerprint density at radius 3 is 1.76 bits per heavy atom. The summed E-state index contributed by atoms with van der Waals surface area (Å²) in [7, 11) is 6.20. The van der Waals surface area contributed by atoms with Gasteiger partial charge >= 0.3 is 0 Å². The summed E-state index contributed by atoms with van der Waals surface area (Å²) in [6.07, 6.45) is 5.48. The predicted octanol–water partition coefficient (Wildman–Crippen LogP) is 4.94. The SMILES string of the molecule is CC1CCC(C2(C(P)P)C3(C)CC4(C)OC(C)(CC2(C)O4)O3)CC1C. The largest absolute Gasteiger partial charge is 0.343 e. The van der Waals surface area contributed by atoms with Crippen LogP contribution in [0.2, 0.25) is 0 Å². The number of hydrogen-bond donors (Lipinski definition) is 0. The van der Waals surface area contributed by atoms with Crippen LogP contribution in [0, 0.1) is 23.2 Å². The lowest BCUT2D eigenvalue weighted by molar-refractivity contribution is -0.549. The van der Waals surface area contributed by atoms with Gasteiger partial charge in [0.05, 0.1) is 11.2 Å². The van der Waals surface area contributed by atoms with Gasteiger partial charge in [0, 0.05) is 18.3 Å². The van der Waals surface area contributed by atoms with E-state index in [-0.39, 0.29) is 16.6 Å². The molecule has 0 aromatic rings. The summed E-state index contributed by atoms with van der Waals surface area (Å²) in [5.41, 5.74) is -0.509. The van der Waals surface area contributed by atoms with Gasteiger partial charge in [-0.15, -0.1) is 18.5 Å². The van der Waals surface area contributed by atoms with E-state index in [9.17, 15) is 0 Å². The number of ether oxygens (including phenoxy) is 3. The van der Waals surface area contributed by atoms with E-state index in [4.69, 9.17) is 14.2 Å². The van der Waals surface area contributed by atoms with E-state index in [1.54, 1.807) is 0 Å². The van der Waals surface area contributed by atoms with Crippen molar-refractivity contribution in [3.8, 4) is 0 Å². The summed E-state index contributed by atoms with van der Waals surface area (Å²) in [5, 5.41) is 0.348. The predicted molar refractivity (Wildman–Crippen MR) is 107 cm³/mol. The molecule has 4 bridgehead atoms. The molecule has 9 unspecified atom stereocenters. The lowest BCUT2D eigenvalue weighted by Gasteiger charge is -2.77. The Balaban J connectivity index is 1.85. The molecule has 0 aromatic heterocycles. The van der Waals surface area contributed by atoms with Gasteiger partial charge in [-0.1, -0.05) is 20.3 Å². The van der Waals surface area contributed by atoms with Crippen molar-refractivity contribution in [3.63, 3.8) is 0 Å². The lowest BCUT2D eigenvalue weighted by Crippen LogP contribution is -2.84. The highest BCUT2D eigenvalue weighted by Crippen LogP contribution is 2.73. The average Bonchev–Trinajstić information content (AvgIpc) is 2.36. The van der Waals surface area contributed by atoms with Gasteiger partial charge in [-0.05, 0) is 63.7 Å². The maximum atomic E-state index is 6.79. The maximum absolute atomic E-state index is 6.79. The van der Waals surface area contributed by atoms with Crippen molar-refractivity contribution in [1.29, 1.82) is 0 Å². The zero-order valence-electron chi connectivity index (χ0n) is 16.7. The van der Waals surface area contributed by atoms with Crippen molar-refractivity contribution in [2.75, 3.05) is 0 Å². The Morgan fingerprint density at radius 2 is 1.32 bits per heavy atom. The molecule has 5 aliphatic rings. The molecular weight excluding hydrogens is 350 g/mol. The highest BCUT2D eigenvalue weighted by Gasteiger charge is 2.79. The monoisotopic (exact) mass is 386 g/mol. The lowest BCUT2D eigenvalue weighted by atomic mass is 9.47. The Kier molecular flexibility index (Phi) is 4.13. The van der Waals surface area contributed by atoms with Crippen LogP contribution < -0.4 is 0 Å². The molecule has 0 radical (unpaired) electrons. The van der Waals surface area contributed by atoms with E-state index in [2.05, 4.69) is 60.0 Å². The molecule has 9 atom stereocenters. The van der Waals surface area contributed by atoms with E-state index in [1.807, 2.05) is 0 Å². The molecule has 1 aliphatic carbocycles. The molecule has 3 nitrogen and oxygen atoms in total. The first-order valence-electron chi connectivity index (χ1n) is 10.0. The molecule has 1 saturated carbocycles. The molecule has 4 saturated heterocycles. The van der Waals surface area contributed by atoms with Gasteiger partial charge in [-0.2, -0.15) is 0 Å². The summed E-state index contributed by atoms with van der Waals surface area (Å²) >= 11 is 0. The summed E-state index contributed by atoms with van der Waals surface area (Å²) in [4.78, 5) is 0. The fourth-order valence-corrected chi connectivity index (χ4v) is 9.67. The van der Waals surface area contributed by atoms with E-state index in [0.717, 1.165) is 24.7 Å². The van der Waals surface area contributed by atoms with Gasteiger partial charge < -0.3 is 14.2 Å². The molecule has 0 spiro atoms. The molecule has 5 heteroatoms. The zero-order valence-corrected chi connectivity index (χ0v) is 19.0. The number of rotatable bonds is 2. The van der Waals surface area contributed by atoms with Gasteiger partial charge in [0.2, 0.25) is 0 Å². The summed E-state index contributed by atoms with van der Waals surface area (Å²) in [6, 6.07) is 0. The molecule has 0 amide bonds. The second-order valence-electron chi connectivity index (χ2n) is 10.2. The smallest absolute Gasteiger partial charge is 0.172 e. The van der Waals surface area contributed by atoms with E-state index < -0.39 is 11.6 Å². The molecule has 4 aliphatic heterocycles. The second-order valence-corrected chi connectivity index (χ2v) is 12.5. The summed E-state index contributed by atoms with van der Waals surface area (Å²) in [5.74, 6) is 1.13. The first-order valence-corrected chi connectivity index (χ1v) is 11.3. The molecule has 4 heterocycles. The highest BCUT2D eigenvalue weighted by molar-refractivity contribution is 7.38. The Hall–Kier alpha value is 0.740. The molecule has 0 N–H and O–H groups in total. The van der Waals surface area contributed by atoms with Crippen molar-refractivity contribution in [2.24, 2.45) is 23.2 Å². The van der Waals surface area contributed by atoms with Crippen LogP contribution in [0.3, 0.4) is 0 Å². The van der Waals surface area contributed by atoms with E-state index >= 15 is 0 Å². The number of hydrogen-bond acceptors (Lipinski definition) is 3. The van der Waals surface area contributed by atoms with Crippen molar-refractivity contribution in [1.82, 2.24) is 0 Å². The van der Waals surface area contributed by atoms with E-state index in [0.29, 0.717) is 11.3 Å². The van der Waals surface area contributed by atoms with Crippen LogP contribution in [-0.4, -0.2) is 28.2 Å². The fraction of sp³-hybridized carbons (Fsp3) is 1.00. The first-order chi connectivity index (χ1) is 11.4. The molecule has 25 heavy (non-hydrogen) atoms. The molecule has 5 fully saturated rings. The van der Waals surface area contributed by atoms with Crippen LogP contribution in [0.1, 0.15) is 73.6 Å². The molecular formula is C20H36O3P2. The third-order valence-electron chi connectivity index (χ3n) is 8.15. The van der Waals surface area contributed by atoms with Gasteiger partial charge in [0.15, 0.2) is 11.6 Å². The van der Waals surface area contributed by atoms with Crippen LogP contribution in [-0.2, 0) is 14.2 Å². The van der Waals surface area contributed by atoms with Crippen LogP contribution in [0.25, 0.3) is 0 Å². The minimum Gasteiger partial charge on any atom is -0.343 e. The van der Waals surface area contributed by atoms with Gasteiger partial charge in [-0.3, -0.25) is 0 Å². The quantitative estimate of drug-likeness (QED) is 0.629. The van der Waals surface area contributed by atoms with Gasteiger partial charge in [0.1, 0.15) is 0 Å². The van der Waals surface area contributed by atoms with Crippen LogP contribution in [0.15, 0.2) is 0 Å². The maximum Gasteiger partial charge on any atom is 0.172 e. The van der Waals surface area contributed by atoms with E-state index in [1.165, 1.54) is 19.3 Å². The van der Waals surface area contributed by atoms with Crippen molar-refractivity contribution < 1.29 is 14.2 Å². The van der Waals surface area contributed by atoms with Crippen LogP contribution >= 0.6 is 18.5 Å². The third-order valence-corrected chi connectivity index (χ3v) is 9.20. The van der Waals surface area contributed by atoms with Gasteiger partial charge in [0.25, 0.3) is 0 Å². The third kappa shape index (κ3) is 2.35. The molecule has 144 valence electrons. The average molecular weight is 386 g/mol. The van der Waals surface area contributed by atoms with Gasteiger partial charge in [-0.25, -0.2) is 0 Å². The standard InChI is InChI=1S/C20H36O3P2/c1-12-7-8-14(9-13(12)2)20(15(24)25)16(3)10-18(5)22-17(20,4)11-19(6,21-16)23-18/h12-15H,7-11,24-25H2,1-6H3. The second kappa shape index (κ2) is 5.42. The van der Waals surface area contributed by atoms with Crippen LogP contribution in [0.4, 0.5) is 0 Å².